The largest absolute Gasteiger partial charge is 0.382 e. The summed E-state index contributed by atoms with van der Waals surface area (Å²) in [6, 6.07) is 6.09. The zero-order valence-corrected chi connectivity index (χ0v) is 13.8. The Balaban J connectivity index is 2.79. The standard InChI is InChI=1S/C18H24N2O2/c1-5-22-8-6-7-20-18(21)16(12-19)11-17-14(3)9-13(2)10-15(17)4/h9-11H,5-8H2,1-4H3,(H,20,21)/b16-11+. The molecule has 22 heavy (non-hydrogen) atoms. The van der Waals surface area contributed by atoms with Crippen molar-refractivity contribution in [1.82, 2.24) is 5.32 Å². The second-order valence-electron chi connectivity index (χ2n) is 5.29. The zero-order chi connectivity index (χ0) is 16.5. The molecule has 0 heterocycles. The maximum Gasteiger partial charge on any atom is 0.261 e. The van der Waals surface area contributed by atoms with Crippen LogP contribution in [0.3, 0.4) is 0 Å². The van der Waals surface area contributed by atoms with Crippen molar-refractivity contribution in [2.24, 2.45) is 0 Å². The number of aryl methyl sites for hydroxylation is 3. The molecule has 1 aromatic rings. The van der Waals surface area contributed by atoms with Gasteiger partial charge >= 0.3 is 0 Å². The molecule has 0 aliphatic heterocycles. The van der Waals surface area contributed by atoms with E-state index in [1.54, 1.807) is 6.08 Å². The molecule has 1 amide bonds. The number of nitrogens with one attached hydrogen (secondary N) is 1. The van der Waals surface area contributed by atoms with Crippen LogP contribution in [0, 0.1) is 32.1 Å². The van der Waals surface area contributed by atoms with Crippen molar-refractivity contribution in [3.05, 3.63) is 40.0 Å². The van der Waals surface area contributed by atoms with Gasteiger partial charge in [0, 0.05) is 19.8 Å². The first-order valence-electron chi connectivity index (χ1n) is 7.55. The van der Waals surface area contributed by atoms with Gasteiger partial charge in [0.25, 0.3) is 5.91 Å². The van der Waals surface area contributed by atoms with Gasteiger partial charge in [-0.15, -0.1) is 0 Å². The highest BCUT2D eigenvalue weighted by Crippen LogP contribution is 2.19. The SMILES string of the molecule is CCOCCCNC(=O)/C(C#N)=C/c1c(C)cc(C)cc1C. The second kappa shape index (κ2) is 9.01. The lowest BCUT2D eigenvalue weighted by molar-refractivity contribution is -0.117. The summed E-state index contributed by atoms with van der Waals surface area (Å²) in [5.41, 5.74) is 4.37. The van der Waals surface area contributed by atoms with E-state index >= 15 is 0 Å². The van der Waals surface area contributed by atoms with Crippen molar-refractivity contribution < 1.29 is 9.53 Å². The van der Waals surface area contributed by atoms with Gasteiger partial charge in [-0.1, -0.05) is 17.7 Å². The molecule has 0 atom stereocenters. The lowest BCUT2D eigenvalue weighted by Crippen LogP contribution is -2.26. The molecule has 0 saturated carbocycles. The summed E-state index contributed by atoms with van der Waals surface area (Å²) < 4.78 is 5.21. The number of amides is 1. The first-order chi connectivity index (χ1) is 10.5. The van der Waals surface area contributed by atoms with Gasteiger partial charge in [-0.05, 0) is 56.9 Å². The summed E-state index contributed by atoms with van der Waals surface area (Å²) in [7, 11) is 0. The predicted octanol–water partition coefficient (Wildman–Crippen LogP) is 3.06. The third-order valence-corrected chi connectivity index (χ3v) is 3.35. The minimum absolute atomic E-state index is 0.131. The van der Waals surface area contributed by atoms with E-state index in [0.29, 0.717) is 19.8 Å². The predicted molar refractivity (Wildman–Crippen MR) is 88.4 cm³/mol. The van der Waals surface area contributed by atoms with Crippen LogP contribution in [0.4, 0.5) is 0 Å². The van der Waals surface area contributed by atoms with Crippen molar-refractivity contribution in [2.75, 3.05) is 19.8 Å². The molecular formula is C18H24N2O2. The van der Waals surface area contributed by atoms with E-state index in [1.807, 2.05) is 45.9 Å². The highest BCUT2D eigenvalue weighted by molar-refractivity contribution is 6.02. The number of ether oxygens (including phenoxy) is 1. The number of hydrogen-bond donors (Lipinski definition) is 1. The second-order valence-corrected chi connectivity index (χ2v) is 5.29. The van der Waals surface area contributed by atoms with Gasteiger partial charge in [-0.3, -0.25) is 4.79 Å². The van der Waals surface area contributed by atoms with Crippen LogP contribution in [-0.4, -0.2) is 25.7 Å². The lowest BCUT2D eigenvalue weighted by Gasteiger charge is -2.09. The van der Waals surface area contributed by atoms with Crippen LogP contribution in [0.5, 0.6) is 0 Å². The van der Waals surface area contributed by atoms with Crippen molar-refractivity contribution in [1.29, 1.82) is 5.26 Å². The van der Waals surface area contributed by atoms with Crippen LogP contribution in [0.15, 0.2) is 17.7 Å². The molecule has 118 valence electrons. The van der Waals surface area contributed by atoms with E-state index in [4.69, 9.17) is 4.74 Å². The Labute approximate surface area is 132 Å². The Morgan fingerprint density at radius 3 is 2.50 bits per heavy atom. The van der Waals surface area contributed by atoms with Crippen LogP contribution >= 0.6 is 0 Å². The van der Waals surface area contributed by atoms with E-state index in [1.165, 1.54) is 5.56 Å². The minimum atomic E-state index is -0.335. The molecule has 0 bridgehead atoms. The molecular weight excluding hydrogens is 276 g/mol. The normalized spacial score (nSPS) is 11.1. The summed E-state index contributed by atoms with van der Waals surface area (Å²) in [6.07, 6.45) is 2.41. The van der Waals surface area contributed by atoms with Gasteiger partial charge in [0.15, 0.2) is 0 Å². The maximum atomic E-state index is 12.1. The van der Waals surface area contributed by atoms with Crippen LogP contribution in [-0.2, 0) is 9.53 Å². The van der Waals surface area contributed by atoms with E-state index in [0.717, 1.165) is 23.1 Å². The molecule has 0 aromatic heterocycles. The maximum absolute atomic E-state index is 12.1. The Bertz CT molecular complexity index is 575. The third-order valence-electron chi connectivity index (χ3n) is 3.35. The third kappa shape index (κ3) is 5.34. The summed E-state index contributed by atoms with van der Waals surface area (Å²) in [4.78, 5) is 12.1. The van der Waals surface area contributed by atoms with Crippen LogP contribution < -0.4 is 5.32 Å². The van der Waals surface area contributed by atoms with Crippen LogP contribution in [0.25, 0.3) is 6.08 Å². The van der Waals surface area contributed by atoms with E-state index in [-0.39, 0.29) is 11.5 Å². The molecule has 0 radical (unpaired) electrons. The number of nitriles is 1. The first kappa shape index (κ1) is 17.9. The number of benzene rings is 1. The Kier molecular flexibility index (Phi) is 7.34. The van der Waals surface area contributed by atoms with E-state index < -0.39 is 0 Å². The first-order valence-corrected chi connectivity index (χ1v) is 7.55. The van der Waals surface area contributed by atoms with Crippen molar-refractivity contribution in [3.8, 4) is 6.07 Å². The van der Waals surface area contributed by atoms with Crippen molar-refractivity contribution in [3.63, 3.8) is 0 Å². The average molecular weight is 300 g/mol. The number of carbonyl (C=O) groups excluding carboxylic acids is 1. The molecule has 0 fully saturated rings. The average Bonchev–Trinajstić information content (AvgIpc) is 2.46. The quantitative estimate of drug-likeness (QED) is 0.478. The molecule has 0 aliphatic carbocycles. The number of hydrogen-bond acceptors (Lipinski definition) is 3. The summed E-state index contributed by atoms with van der Waals surface area (Å²) in [5, 5.41) is 12.0. The van der Waals surface area contributed by atoms with Gasteiger partial charge in [-0.2, -0.15) is 5.26 Å². The van der Waals surface area contributed by atoms with Crippen LogP contribution in [0.2, 0.25) is 0 Å². The Hall–Kier alpha value is -2.12. The molecule has 1 aromatic carbocycles. The molecule has 4 heteroatoms. The van der Waals surface area contributed by atoms with Crippen LogP contribution in [0.1, 0.15) is 35.6 Å². The van der Waals surface area contributed by atoms with Gasteiger partial charge in [0.1, 0.15) is 11.6 Å². The fraction of sp³-hybridized carbons (Fsp3) is 0.444. The van der Waals surface area contributed by atoms with Gasteiger partial charge in [-0.25, -0.2) is 0 Å². The highest BCUT2D eigenvalue weighted by Gasteiger charge is 2.10. The molecule has 0 aliphatic rings. The molecule has 0 spiro atoms. The molecule has 0 unspecified atom stereocenters. The Morgan fingerprint density at radius 1 is 1.32 bits per heavy atom. The topological polar surface area (TPSA) is 62.1 Å². The molecule has 0 saturated heterocycles. The zero-order valence-electron chi connectivity index (χ0n) is 13.8. The van der Waals surface area contributed by atoms with Gasteiger partial charge in [0.05, 0.1) is 0 Å². The van der Waals surface area contributed by atoms with Gasteiger partial charge in [0.2, 0.25) is 0 Å². The van der Waals surface area contributed by atoms with E-state index in [9.17, 15) is 10.1 Å². The number of carbonyl (C=O) groups is 1. The highest BCUT2D eigenvalue weighted by atomic mass is 16.5. The molecule has 1 N–H and O–H groups in total. The minimum Gasteiger partial charge on any atom is -0.382 e. The fourth-order valence-corrected chi connectivity index (χ4v) is 2.33. The summed E-state index contributed by atoms with van der Waals surface area (Å²) >= 11 is 0. The number of rotatable bonds is 7. The molecule has 1 rings (SSSR count). The lowest BCUT2D eigenvalue weighted by atomic mass is 9.98. The smallest absolute Gasteiger partial charge is 0.261 e. The number of nitrogens with zero attached hydrogens (tertiary/aromatic N) is 1. The van der Waals surface area contributed by atoms with Crippen molar-refractivity contribution in [2.45, 2.75) is 34.1 Å². The monoisotopic (exact) mass is 300 g/mol. The summed E-state index contributed by atoms with van der Waals surface area (Å²) in [6.45, 7) is 9.72. The fourth-order valence-electron chi connectivity index (χ4n) is 2.33. The summed E-state index contributed by atoms with van der Waals surface area (Å²) in [5.74, 6) is -0.335. The van der Waals surface area contributed by atoms with Crippen molar-refractivity contribution >= 4 is 12.0 Å². The van der Waals surface area contributed by atoms with Gasteiger partial charge < -0.3 is 10.1 Å². The Morgan fingerprint density at radius 2 is 1.95 bits per heavy atom. The molecule has 4 nitrogen and oxygen atoms in total. The van der Waals surface area contributed by atoms with E-state index in [2.05, 4.69) is 5.32 Å².